The van der Waals surface area contributed by atoms with Crippen LogP contribution in [0.15, 0.2) is 36.4 Å². The zero-order chi connectivity index (χ0) is 17.5. The summed E-state index contributed by atoms with van der Waals surface area (Å²) in [6.07, 6.45) is 4.94. The number of tetrazole rings is 1. The van der Waals surface area contributed by atoms with Crippen LogP contribution in [0.25, 0.3) is 32.9 Å². The molecule has 1 heterocycles. The maximum absolute atomic E-state index is 5.51. The van der Waals surface area contributed by atoms with Crippen molar-refractivity contribution >= 4 is 21.5 Å². The van der Waals surface area contributed by atoms with Gasteiger partial charge in [0.25, 0.3) is 0 Å². The van der Waals surface area contributed by atoms with E-state index >= 15 is 0 Å². The van der Waals surface area contributed by atoms with Crippen LogP contribution in [0, 0.1) is 0 Å². The zero-order valence-electron chi connectivity index (χ0n) is 14.7. The van der Waals surface area contributed by atoms with Gasteiger partial charge < -0.3 is 4.74 Å². The number of hydrogen-bond acceptors (Lipinski definition) is 4. The second-order valence-electron chi connectivity index (χ2n) is 6.97. The smallest absolute Gasteiger partial charge is 0.204 e. The van der Waals surface area contributed by atoms with Crippen molar-refractivity contribution in [1.82, 2.24) is 20.6 Å². The number of hydrogen-bond donors (Lipinski definition) is 1. The number of methoxy groups -OCH3 is 1. The number of ether oxygens (including phenoxy) is 1. The van der Waals surface area contributed by atoms with Crippen LogP contribution < -0.4 is 0 Å². The zero-order valence-corrected chi connectivity index (χ0v) is 14.7. The summed E-state index contributed by atoms with van der Waals surface area (Å²) in [7, 11) is 1.75. The second-order valence-corrected chi connectivity index (χ2v) is 6.97. The molecule has 0 fully saturated rings. The molecule has 0 bridgehead atoms. The number of rotatable bonds is 3. The Labute approximate surface area is 151 Å². The van der Waals surface area contributed by atoms with E-state index in [9.17, 15) is 0 Å². The second kappa shape index (κ2) is 6.18. The van der Waals surface area contributed by atoms with Crippen LogP contribution in [-0.2, 0) is 24.2 Å². The SMILES string of the molecule is COCc1cc2c3c(ccc2c2ccc(-c4nn[nH]n4)cc12)CCCC3. The Balaban J connectivity index is 1.82. The monoisotopic (exact) mass is 344 g/mol. The van der Waals surface area contributed by atoms with Crippen LogP contribution >= 0.6 is 0 Å². The molecule has 0 amide bonds. The van der Waals surface area contributed by atoms with Gasteiger partial charge in [-0.05, 0) is 81.3 Å². The van der Waals surface area contributed by atoms with E-state index in [0.29, 0.717) is 12.4 Å². The topological polar surface area (TPSA) is 63.7 Å². The standard InChI is InChI=1S/C21H20N4O/c1-26-12-15-11-20-16-5-3-2-4-13(16)6-8-18(20)17-9-7-14(10-19(15)17)21-22-24-25-23-21/h6-11H,2-5,12H2,1H3,(H,22,23,24,25). The lowest BCUT2D eigenvalue weighted by Gasteiger charge is -2.20. The number of nitrogens with one attached hydrogen (secondary N) is 1. The quantitative estimate of drug-likeness (QED) is 0.566. The fourth-order valence-electron chi connectivity index (χ4n) is 4.25. The van der Waals surface area contributed by atoms with Gasteiger partial charge in [0.15, 0.2) is 0 Å². The summed E-state index contributed by atoms with van der Waals surface area (Å²) in [5, 5.41) is 19.6. The molecule has 0 saturated carbocycles. The average molecular weight is 344 g/mol. The van der Waals surface area contributed by atoms with E-state index in [4.69, 9.17) is 4.74 Å². The number of fused-ring (bicyclic) bond motifs is 5. The molecule has 0 saturated heterocycles. The van der Waals surface area contributed by atoms with Gasteiger partial charge >= 0.3 is 0 Å². The number of H-pyrrole nitrogens is 1. The van der Waals surface area contributed by atoms with Crippen molar-refractivity contribution in [3.63, 3.8) is 0 Å². The first-order valence-electron chi connectivity index (χ1n) is 9.08. The Morgan fingerprint density at radius 2 is 1.81 bits per heavy atom. The maximum atomic E-state index is 5.51. The van der Waals surface area contributed by atoms with Gasteiger partial charge in [-0.3, -0.25) is 0 Å². The van der Waals surface area contributed by atoms with Gasteiger partial charge in [0.2, 0.25) is 5.82 Å². The van der Waals surface area contributed by atoms with Crippen LogP contribution in [0.2, 0.25) is 0 Å². The van der Waals surface area contributed by atoms with Crippen molar-refractivity contribution in [2.24, 2.45) is 0 Å². The number of aryl methyl sites for hydroxylation is 2. The molecule has 1 aliphatic carbocycles. The predicted molar refractivity (Wildman–Crippen MR) is 102 cm³/mol. The van der Waals surface area contributed by atoms with Crippen molar-refractivity contribution < 1.29 is 4.74 Å². The molecule has 0 aliphatic heterocycles. The minimum Gasteiger partial charge on any atom is -0.380 e. The highest BCUT2D eigenvalue weighted by Crippen LogP contribution is 2.36. The van der Waals surface area contributed by atoms with Crippen LogP contribution in [0.5, 0.6) is 0 Å². The molecule has 0 spiro atoms. The molecule has 3 aromatic carbocycles. The van der Waals surface area contributed by atoms with E-state index in [1.165, 1.54) is 63.9 Å². The fraction of sp³-hybridized carbons (Fsp3) is 0.286. The van der Waals surface area contributed by atoms with Gasteiger partial charge in [-0.15, -0.1) is 10.2 Å². The average Bonchev–Trinajstić information content (AvgIpc) is 3.22. The first-order chi connectivity index (χ1) is 12.8. The van der Waals surface area contributed by atoms with E-state index in [-0.39, 0.29) is 0 Å². The molecule has 0 atom stereocenters. The minimum atomic E-state index is 0.589. The van der Waals surface area contributed by atoms with Crippen LogP contribution in [0.4, 0.5) is 0 Å². The molecule has 1 aliphatic rings. The lowest BCUT2D eigenvalue weighted by atomic mass is 9.85. The molecule has 0 unspecified atom stereocenters. The van der Waals surface area contributed by atoms with Crippen molar-refractivity contribution in [2.75, 3.05) is 7.11 Å². The van der Waals surface area contributed by atoms with Crippen molar-refractivity contribution in [2.45, 2.75) is 32.3 Å². The minimum absolute atomic E-state index is 0.589. The van der Waals surface area contributed by atoms with E-state index < -0.39 is 0 Å². The molecular weight excluding hydrogens is 324 g/mol. The maximum Gasteiger partial charge on any atom is 0.204 e. The normalized spacial score (nSPS) is 14.0. The molecular formula is C21H20N4O. The predicted octanol–water partition coefficient (Wildman–Crippen LogP) is 4.20. The first-order valence-corrected chi connectivity index (χ1v) is 9.08. The van der Waals surface area contributed by atoms with Gasteiger partial charge in [-0.25, -0.2) is 0 Å². The summed E-state index contributed by atoms with van der Waals surface area (Å²) in [5.41, 5.74) is 5.20. The third kappa shape index (κ3) is 2.39. The third-order valence-electron chi connectivity index (χ3n) is 5.45. The Kier molecular flexibility index (Phi) is 3.68. The molecule has 130 valence electrons. The van der Waals surface area contributed by atoms with Gasteiger partial charge in [-0.2, -0.15) is 5.21 Å². The van der Waals surface area contributed by atoms with E-state index in [1.807, 2.05) is 0 Å². The molecule has 5 heteroatoms. The van der Waals surface area contributed by atoms with E-state index in [2.05, 4.69) is 57.0 Å². The van der Waals surface area contributed by atoms with Crippen LogP contribution in [-0.4, -0.2) is 27.7 Å². The number of aromatic nitrogens is 4. The summed E-state index contributed by atoms with van der Waals surface area (Å²) in [4.78, 5) is 0. The van der Waals surface area contributed by atoms with Gasteiger partial charge in [0, 0.05) is 12.7 Å². The fourth-order valence-corrected chi connectivity index (χ4v) is 4.25. The Bertz CT molecular complexity index is 1100. The number of aromatic amines is 1. The van der Waals surface area contributed by atoms with Crippen LogP contribution in [0.1, 0.15) is 29.5 Å². The van der Waals surface area contributed by atoms with Gasteiger partial charge in [0.05, 0.1) is 6.61 Å². The summed E-state index contributed by atoms with van der Waals surface area (Å²) in [6.45, 7) is 0.589. The molecule has 1 N–H and O–H groups in total. The first kappa shape index (κ1) is 15.5. The van der Waals surface area contributed by atoms with Gasteiger partial charge in [0.1, 0.15) is 0 Å². The van der Waals surface area contributed by atoms with Crippen molar-refractivity contribution in [1.29, 1.82) is 0 Å². The molecule has 5 nitrogen and oxygen atoms in total. The van der Waals surface area contributed by atoms with Gasteiger partial charge in [-0.1, -0.05) is 24.3 Å². The number of nitrogens with zero attached hydrogens (tertiary/aromatic N) is 3. The lowest BCUT2D eigenvalue weighted by Crippen LogP contribution is -2.04. The molecule has 1 aromatic heterocycles. The Hall–Kier alpha value is -2.79. The Morgan fingerprint density at radius 3 is 2.65 bits per heavy atom. The largest absolute Gasteiger partial charge is 0.380 e. The summed E-state index contributed by atoms with van der Waals surface area (Å²) < 4.78 is 5.51. The lowest BCUT2D eigenvalue weighted by molar-refractivity contribution is 0.186. The molecule has 26 heavy (non-hydrogen) atoms. The molecule has 5 rings (SSSR count). The summed E-state index contributed by atoms with van der Waals surface area (Å²) in [5.74, 6) is 0.612. The Morgan fingerprint density at radius 1 is 0.962 bits per heavy atom. The van der Waals surface area contributed by atoms with Crippen LogP contribution in [0.3, 0.4) is 0 Å². The highest BCUT2D eigenvalue weighted by molar-refractivity contribution is 6.11. The van der Waals surface area contributed by atoms with Crippen molar-refractivity contribution in [3.8, 4) is 11.4 Å². The highest BCUT2D eigenvalue weighted by atomic mass is 16.5. The van der Waals surface area contributed by atoms with E-state index in [0.717, 1.165) is 5.56 Å². The number of benzene rings is 3. The van der Waals surface area contributed by atoms with Crippen molar-refractivity contribution in [3.05, 3.63) is 53.1 Å². The van der Waals surface area contributed by atoms with E-state index in [1.54, 1.807) is 7.11 Å². The molecule has 0 radical (unpaired) electrons. The third-order valence-corrected chi connectivity index (χ3v) is 5.45. The highest BCUT2D eigenvalue weighted by Gasteiger charge is 2.16. The summed E-state index contributed by atoms with van der Waals surface area (Å²) in [6, 6.07) is 13.3. The molecule has 4 aromatic rings. The summed E-state index contributed by atoms with van der Waals surface area (Å²) >= 11 is 0.